The van der Waals surface area contributed by atoms with Crippen LogP contribution in [0.15, 0.2) is 48.5 Å². The lowest BCUT2D eigenvalue weighted by Crippen LogP contribution is -2.42. The number of rotatable bonds is 8. The first-order chi connectivity index (χ1) is 14.1. The molecule has 1 aliphatic rings. The highest BCUT2D eigenvalue weighted by molar-refractivity contribution is 5.80. The van der Waals surface area contributed by atoms with E-state index < -0.39 is 6.10 Å². The van der Waals surface area contributed by atoms with Gasteiger partial charge in [-0.3, -0.25) is 9.69 Å². The van der Waals surface area contributed by atoms with Crippen LogP contribution in [0, 0.1) is 11.3 Å². The van der Waals surface area contributed by atoms with Crippen molar-refractivity contribution in [2.45, 2.75) is 31.9 Å². The van der Waals surface area contributed by atoms with Crippen molar-refractivity contribution in [2.75, 3.05) is 26.7 Å². The van der Waals surface area contributed by atoms with Gasteiger partial charge in [-0.25, -0.2) is 0 Å². The summed E-state index contributed by atoms with van der Waals surface area (Å²) in [5.41, 5.74) is 1.69. The monoisotopic (exact) mass is 393 g/mol. The van der Waals surface area contributed by atoms with E-state index in [1.165, 1.54) is 12.8 Å². The van der Waals surface area contributed by atoms with Gasteiger partial charge < -0.3 is 14.8 Å². The van der Waals surface area contributed by atoms with E-state index in [-0.39, 0.29) is 11.9 Å². The highest BCUT2D eigenvalue weighted by Crippen LogP contribution is 2.27. The molecule has 2 unspecified atom stereocenters. The average Bonchev–Trinajstić information content (AvgIpc) is 3.29. The molecule has 1 heterocycles. The predicted molar refractivity (Wildman–Crippen MR) is 111 cm³/mol. The predicted octanol–water partition coefficient (Wildman–Crippen LogP) is 3.29. The van der Waals surface area contributed by atoms with Gasteiger partial charge in [0.2, 0.25) is 0 Å². The Balaban J connectivity index is 1.63. The molecule has 29 heavy (non-hydrogen) atoms. The average molecular weight is 393 g/mol. The summed E-state index contributed by atoms with van der Waals surface area (Å²) in [7, 11) is 1.66. The van der Waals surface area contributed by atoms with Crippen LogP contribution in [0.1, 0.15) is 36.9 Å². The topological polar surface area (TPSA) is 74.6 Å². The van der Waals surface area contributed by atoms with Crippen molar-refractivity contribution < 1.29 is 14.3 Å². The zero-order chi connectivity index (χ0) is 20.6. The van der Waals surface area contributed by atoms with Crippen LogP contribution < -0.4 is 14.8 Å². The van der Waals surface area contributed by atoms with Crippen LogP contribution in [0.4, 0.5) is 0 Å². The van der Waals surface area contributed by atoms with Gasteiger partial charge in [-0.2, -0.15) is 5.26 Å². The van der Waals surface area contributed by atoms with Gasteiger partial charge in [-0.05, 0) is 74.8 Å². The molecule has 0 saturated carbocycles. The molecule has 2 atom stereocenters. The number of likely N-dealkylation sites (tertiary alicyclic amines) is 1. The lowest BCUT2D eigenvalue weighted by Gasteiger charge is -2.29. The number of nitrogens with zero attached hydrogens (tertiary/aromatic N) is 2. The van der Waals surface area contributed by atoms with Crippen LogP contribution in [0.3, 0.4) is 0 Å². The van der Waals surface area contributed by atoms with Gasteiger partial charge in [-0.1, -0.05) is 12.1 Å². The van der Waals surface area contributed by atoms with Crippen molar-refractivity contribution in [3.8, 4) is 17.6 Å². The molecule has 1 amide bonds. The van der Waals surface area contributed by atoms with Gasteiger partial charge >= 0.3 is 0 Å². The molecule has 6 heteroatoms. The maximum atomic E-state index is 12.6. The van der Waals surface area contributed by atoms with E-state index in [9.17, 15) is 4.79 Å². The van der Waals surface area contributed by atoms with E-state index in [4.69, 9.17) is 14.7 Å². The number of benzene rings is 2. The number of carbonyl (C=O) groups excluding carboxylic acids is 1. The third-order valence-corrected chi connectivity index (χ3v) is 5.20. The van der Waals surface area contributed by atoms with Crippen molar-refractivity contribution >= 4 is 5.91 Å². The molecule has 152 valence electrons. The van der Waals surface area contributed by atoms with Crippen molar-refractivity contribution in [3.63, 3.8) is 0 Å². The number of amides is 1. The molecule has 1 saturated heterocycles. The Morgan fingerprint density at radius 1 is 1.17 bits per heavy atom. The van der Waals surface area contributed by atoms with Crippen molar-refractivity contribution in [1.29, 1.82) is 5.26 Å². The summed E-state index contributed by atoms with van der Waals surface area (Å²) in [5, 5.41) is 11.9. The van der Waals surface area contributed by atoms with E-state index in [1.54, 1.807) is 38.3 Å². The SMILES string of the molecule is COc1cccc(C(CNC(=O)C(C)Oc2ccc(C#N)cc2)N2CCCC2)c1. The van der Waals surface area contributed by atoms with Crippen LogP contribution in [0.5, 0.6) is 11.5 Å². The Morgan fingerprint density at radius 3 is 2.55 bits per heavy atom. The van der Waals surface area contributed by atoms with Gasteiger partial charge in [0.1, 0.15) is 11.5 Å². The molecule has 1 N–H and O–H groups in total. The third-order valence-electron chi connectivity index (χ3n) is 5.20. The number of carbonyl (C=O) groups is 1. The summed E-state index contributed by atoms with van der Waals surface area (Å²) in [6.45, 7) is 4.28. The first-order valence-electron chi connectivity index (χ1n) is 9.93. The summed E-state index contributed by atoms with van der Waals surface area (Å²) in [4.78, 5) is 15.0. The van der Waals surface area contributed by atoms with Gasteiger partial charge in [0.15, 0.2) is 6.10 Å². The lowest BCUT2D eigenvalue weighted by molar-refractivity contribution is -0.127. The standard InChI is InChI=1S/C23H27N3O3/c1-17(29-20-10-8-18(15-24)9-11-20)23(27)25-16-22(26-12-3-4-13-26)19-6-5-7-21(14-19)28-2/h5-11,14,17,22H,3-4,12-13,16H2,1-2H3,(H,25,27). The minimum Gasteiger partial charge on any atom is -0.497 e. The molecular weight excluding hydrogens is 366 g/mol. The summed E-state index contributed by atoms with van der Waals surface area (Å²) < 4.78 is 11.1. The number of hydrogen-bond acceptors (Lipinski definition) is 5. The normalized spacial score (nSPS) is 15.9. The van der Waals surface area contributed by atoms with Crippen molar-refractivity contribution in [3.05, 3.63) is 59.7 Å². The molecule has 0 aliphatic carbocycles. The van der Waals surface area contributed by atoms with Crippen LogP contribution in [-0.2, 0) is 4.79 Å². The van der Waals surface area contributed by atoms with E-state index in [0.29, 0.717) is 17.9 Å². The summed E-state index contributed by atoms with van der Waals surface area (Å²) in [6, 6.07) is 16.9. The number of hydrogen-bond donors (Lipinski definition) is 1. The Hall–Kier alpha value is -3.04. The van der Waals surface area contributed by atoms with E-state index in [2.05, 4.69) is 22.4 Å². The van der Waals surface area contributed by atoms with Crippen LogP contribution in [0.25, 0.3) is 0 Å². The molecule has 6 nitrogen and oxygen atoms in total. The largest absolute Gasteiger partial charge is 0.497 e. The van der Waals surface area contributed by atoms with Crippen molar-refractivity contribution in [1.82, 2.24) is 10.2 Å². The smallest absolute Gasteiger partial charge is 0.260 e. The second kappa shape index (κ2) is 9.94. The molecule has 2 aromatic rings. The highest BCUT2D eigenvalue weighted by Gasteiger charge is 2.25. The number of ether oxygens (including phenoxy) is 2. The van der Waals surface area contributed by atoms with E-state index >= 15 is 0 Å². The fraction of sp³-hybridized carbons (Fsp3) is 0.391. The minimum absolute atomic E-state index is 0.0960. The number of nitriles is 1. The van der Waals surface area contributed by atoms with Crippen LogP contribution in [0.2, 0.25) is 0 Å². The zero-order valence-corrected chi connectivity index (χ0v) is 16.9. The Morgan fingerprint density at radius 2 is 1.90 bits per heavy atom. The van der Waals surface area contributed by atoms with Gasteiger partial charge in [0, 0.05) is 6.54 Å². The molecule has 3 rings (SSSR count). The first-order valence-corrected chi connectivity index (χ1v) is 9.93. The Labute approximate surface area is 172 Å². The fourth-order valence-corrected chi connectivity index (χ4v) is 3.57. The second-order valence-corrected chi connectivity index (χ2v) is 7.18. The second-order valence-electron chi connectivity index (χ2n) is 7.18. The molecule has 0 aromatic heterocycles. The summed E-state index contributed by atoms with van der Waals surface area (Å²) in [6.07, 6.45) is 1.71. The Bertz CT molecular complexity index is 854. The van der Waals surface area contributed by atoms with Gasteiger partial charge in [0.25, 0.3) is 5.91 Å². The van der Waals surface area contributed by atoms with E-state index in [1.807, 2.05) is 18.2 Å². The van der Waals surface area contributed by atoms with Crippen LogP contribution >= 0.6 is 0 Å². The molecule has 0 radical (unpaired) electrons. The molecule has 0 spiro atoms. The molecule has 0 bridgehead atoms. The molecular formula is C23H27N3O3. The maximum absolute atomic E-state index is 12.6. The van der Waals surface area contributed by atoms with Gasteiger partial charge in [0.05, 0.1) is 24.8 Å². The van der Waals surface area contributed by atoms with Crippen molar-refractivity contribution in [2.24, 2.45) is 0 Å². The zero-order valence-electron chi connectivity index (χ0n) is 16.9. The highest BCUT2D eigenvalue weighted by atomic mass is 16.5. The Kier molecular flexibility index (Phi) is 7.09. The fourth-order valence-electron chi connectivity index (χ4n) is 3.57. The first kappa shape index (κ1) is 20.7. The number of nitrogens with one attached hydrogen (secondary N) is 1. The summed E-state index contributed by atoms with van der Waals surface area (Å²) >= 11 is 0. The minimum atomic E-state index is -0.632. The maximum Gasteiger partial charge on any atom is 0.260 e. The molecule has 1 aliphatic heterocycles. The third kappa shape index (κ3) is 5.49. The molecule has 2 aromatic carbocycles. The number of methoxy groups -OCH3 is 1. The quantitative estimate of drug-likeness (QED) is 0.745. The summed E-state index contributed by atoms with van der Waals surface area (Å²) in [5.74, 6) is 1.22. The van der Waals surface area contributed by atoms with Crippen LogP contribution in [-0.4, -0.2) is 43.7 Å². The van der Waals surface area contributed by atoms with Gasteiger partial charge in [-0.15, -0.1) is 0 Å². The lowest BCUT2D eigenvalue weighted by atomic mass is 10.0. The molecule has 1 fully saturated rings. The van der Waals surface area contributed by atoms with E-state index in [0.717, 1.165) is 24.4 Å².